The van der Waals surface area contributed by atoms with E-state index in [4.69, 9.17) is 0 Å². The van der Waals surface area contributed by atoms with E-state index in [0.29, 0.717) is 17.3 Å². The Labute approximate surface area is 120 Å². The van der Waals surface area contributed by atoms with Crippen molar-refractivity contribution in [1.82, 2.24) is 4.98 Å². The van der Waals surface area contributed by atoms with Crippen LogP contribution in [0.1, 0.15) is 36.2 Å². The van der Waals surface area contributed by atoms with E-state index in [1.165, 1.54) is 12.0 Å². The summed E-state index contributed by atoms with van der Waals surface area (Å²) in [5.74, 6) is 1.11. The minimum Gasteiger partial charge on any atom is -0.307 e. The summed E-state index contributed by atoms with van der Waals surface area (Å²) in [5, 5.41) is 2.78. The fraction of sp³-hybridized carbons (Fsp3) is 0.294. The van der Waals surface area contributed by atoms with Crippen molar-refractivity contribution in [2.75, 3.05) is 5.32 Å². The molecule has 0 aliphatic rings. The second-order valence-corrected chi connectivity index (χ2v) is 5.08. The number of carbonyl (C=O) groups excluding carboxylic acids is 1. The largest absolute Gasteiger partial charge is 0.307 e. The fourth-order valence-corrected chi connectivity index (χ4v) is 1.96. The zero-order valence-corrected chi connectivity index (χ0v) is 12.0. The van der Waals surface area contributed by atoms with Gasteiger partial charge in [0.1, 0.15) is 5.82 Å². The van der Waals surface area contributed by atoms with Crippen LogP contribution < -0.4 is 5.32 Å². The van der Waals surface area contributed by atoms with Gasteiger partial charge < -0.3 is 5.32 Å². The summed E-state index contributed by atoms with van der Waals surface area (Å²) >= 11 is 0. The number of aromatic nitrogens is 1. The molecule has 0 fully saturated rings. The highest BCUT2D eigenvalue weighted by Gasteiger charge is 2.07. The first-order valence-electron chi connectivity index (χ1n) is 7.00. The summed E-state index contributed by atoms with van der Waals surface area (Å²) in [6, 6.07) is 13.2. The number of nitrogens with one attached hydrogen (secondary N) is 1. The van der Waals surface area contributed by atoms with E-state index in [0.717, 1.165) is 6.42 Å². The molecule has 0 aliphatic heterocycles. The molecule has 2 rings (SSSR count). The number of carbonyl (C=O) groups is 1. The Morgan fingerprint density at radius 3 is 2.55 bits per heavy atom. The quantitative estimate of drug-likeness (QED) is 0.893. The summed E-state index contributed by atoms with van der Waals surface area (Å²) in [7, 11) is 0. The number of hydrogen-bond donors (Lipinski definition) is 1. The first-order chi connectivity index (χ1) is 9.69. The highest BCUT2D eigenvalue weighted by molar-refractivity contribution is 6.03. The number of pyridine rings is 1. The number of rotatable bonds is 5. The van der Waals surface area contributed by atoms with E-state index < -0.39 is 0 Å². The van der Waals surface area contributed by atoms with Crippen molar-refractivity contribution in [2.24, 2.45) is 5.92 Å². The van der Waals surface area contributed by atoms with Crippen LogP contribution in [-0.2, 0) is 6.42 Å². The third-order valence-corrected chi connectivity index (χ3v) is 3.40. The molecule has 20 heavy (non-hydrogen) atoms. The van der Waals surface area contributed by atoms with Gasteiger partial charge in [0.15, 0.2) is 0 Å². The third-order valence-electron chi connectivity index (χ3n) is 3.40. The van der Waals surface area contributed by atoms with Crippen LogP contribution in [0.5, 0.6) is 0 Å². The Kier molecular flexibility index (Phi) is 4.88. The lowest BCUT2D eigenvalue weighted by atomic mass is 9.98. The first kappa shape index (κ1) is 14.3. The molecule has 1 unspecified atom stereocenters. The van der Waals surface area contributed by atoms with Gasteiger partial charge in [-0.15, -0.1) is 0 Å². The maximum Gasteiger partial charge on any atom is 0.256 e. The molecule has 1 atom stereocenters. The van der Waals surface area contributed by atoms with Crippen LogP contribution in [0.15, 0.2) is 48.7 Å². The first-order valence-corrected chi connectivity index (χ1v) is 7.00. The van der Waals surface area contributed by atoms with Gasteiger partial charge >= 0.3 is 0 Å². The average Bonchev–Trinajstić information content (AvgIpc) is 2.49. The Bertz CT molecular complexity index is 549. The highest BCUT2D eigenvalue weighted by Crippen LogP contribution is 2.13. The predicted octanol–water partition coefficient (Wildman–Crippen LogP) is 3.92. The number of anilines is 1. The molecule has 1 amide bonds. The van der Waals surface area contributed by atoms with E-state index in [2.05, 4.69) is 24.1 Å². The third kappa shape index (κ3) is 3.92. The van der Waals surface area contributed by atoms with Crippen LogP contribution in [0.25, 0.3) is 0 Å². The summed E-state index contributed by atoms with van der Waals surface area (Å²) in [6.07, 6.45) is 3.88. The van der Waals surface area contributed by atoms with Crippen LogP contribution >= 0.6 is 0 Å². The predicted molar refractivity (Wildman–Crippen MR) is 81.8 cm³/mol. The molecule has 0 saturated heterocycles. The second kappa shape index (κ2) is 6.85. The van der Waals surface area contributed by atoms with Crippen molar-refractivity contribution in [3.63, 3.8) is 0 Å². The second-order valence-electron chi connectivity index (χ2n) is 5.08. The molecule has 1 N–H and O–H groups in total. The molecule has 1 aromatic carbocycles. The SMILES string of the molecule is CCC(C)Cc1ccc(C(=O)Nc2ccccn2)cc1. The lowest BCUT2D eigenvalue weighted by Crippen LogP contribution is -2.12. The molecular formula is C17H20N2O. The van der Waals surface area contributed by atoms with Gasteiger partial charge in [-0.1, -0.05) is 38.5 Å². The summed E-state index contributed by atoms with van der Waals surface area (Å²) < 4.78 is 0. The summed E-state index contributed by atoms with van der Waals surface area (Å²) in [4.78, 5) is 16.1. The van der Waals surface area contributed by atoms with Gasteiger partial charge in [-0.25, -0.2) is 4.98 Å². The molecule has 0 spiro atoms. The summed E-state index contributed by atoms with van der Waals surface area (Å²) in [6.45, 7) is 4.43. The lowest BCUT2D eigenvalue weighted by Gasteiger charge is -2.09. The van der Waals surface area contributed by atoms with Gasteiger partial charge in [0.2, 0.25) is 0 Å². The maximum atomic E-state index is 12.1. The van der Waals surface area contributed by atoms with Gasteiger partial charge in [-0.2, -0.15) is 0 Å². The van der Waals surface area contributed by atoms with E-state index in [-0.39, 0.29) is 5.91 Å². The molecule has 3 nitrogen and oxygen atoms in total. The smallest absolute Gasteiger partial charge is 0.256 e. The Morgan fingerprint density at radius 1 is 1.20 bits per heavy atom. The zero-order chi connectivity index (χ0) is 14.4. The van der Waals surface area contributed by atoms with Crippen LogP contribution in [0.3, 0.4) is 0 Å². The Morgan fingerprint density at radius 2 is 1.95 bits per heavy atom. The van der Waals surface area contributed by atoms with Crippen molar-refractivity contribution in [2.45, 2.75) is 26.7 Å². The number of amides is 1. The lowest BCUT2D eigenvalue weighted by molar-refractivity contribution is 0.102. The minimum absolute atomic E-state index is 0.126. The number of hydrogen-bond acceptors (Lipinski definition) is 2. The van der Waals surface area contributed by atoms with Gasteiger partial charge in [0.25, 0.3) is 5.91 Å². The van der Waals surface area contributed by atoms with Crippen molar-refractivity contribution < 1.29 is 4.79 Å². The van der Waals surface area contributed by atoms with Crippen molar-refractivity contribution >= 4 is 11.7 Å². The zero-order valence-electron chi connectivity index (χ0n) is 12.0. The average molecular weight is 268 g/mol. The van der Waals surface area contributed by atoms with Gasteiger partial charge in [-0.05, 0) is 42.2 Å². The fourth-order valence-electron chi connectivity index (χ4n) is 1.96. The van der Waals surface area contributed by atoms with E-state index in [9.17, 15) is 4.79 Å². The maximum absolute atomic E-state index is 12.1. The van der Waals surface area contributed by atoms with E-state index >= 15 is 0 Å². The standard InChI is InChI=1S/C17H20N2O/c1-3-13(2)12-14-7-9-15(10-8-14)17(20)19-16-6-4-5-11-18-16/h4-11,13H,3,12H2,1-2H3,(H,18,19,20). The Balaban J connectivity index is 2.01. The monoisotopic (exact) mass is 268 g/mol. The highest BCUT2D eigenvalue weighted by atomic mass is 16.1. The molecule has 1 aromatic heterocycles. The van der Waals surface area contributed by atoms with Crippen LogP contribution in [0, 0.1) is 5.92 Å². The van der Waals surface area contributed by atoms with Crippen LogP contribution in [0.2, 0.25) is 0 Å². The molecule has 104 valence electrons. The van der Waals surface area contributed by atoms with Crippen LogP contribution in [-0.4, -0.2) is 10.9 Å². The van der Waals surface area contributed by atoms with Gasteiger partial charge in [0, 0.05) is 11.8 Å². The normalized spacial score (nSPS) is 11.9. The molecule has 1 heterocycles. The molecule has 0 radical (unpaired) electrons. The molecule has 0 aliphatic carbocycles. The van der Waals surface area contributed by atoms with Crippen LogP contribution in [0.4, 0.5) is 5.82 Å². The molecule has 3 heteroatoms. The topological polar surface area (TPSA) is 42.0 Å². The molecule has 0 bridgehead atoms. The van der Waals surface area contributed by atoms with Crippen molar-refractivity contribution in [1.29, 1.82) is 0 Å². The molecule has 2 aromatic rings. The molecular weight excluding hydrogens is 248 g/mol. The summed E-state index contributed by atoms with van der Waals surface area (Å²) in [5.41, 5.74) is 1.93. The number of nitrogens with zero attached hydrogens (tertiary/aromatic N) is 1. The van der Waals surface area contributed by atoms with E-state index in [1.807, 2.05) is 36.4 Å². The van der Waals surface area contributed by atoms with Crippen molar-refractivity contribution in [3.05, 3.63) is 59.8 Å². The van der Waals surface area contributed by atoms with Gasteiger partial charge in [0.05, 0.1) is 0 Å². The van der Waals surface area contributed by atoms with Gasteiger partial charge in [-0.3, -0.25) is 4.79 Å². The minimum atomic E-state index is -0.126. The Hall–Kier alpha value is -2.16. The molecule has 0 saturated carbocycles. The number of benzene rings is 1. The van der Waals surface area contributed by atoms with Crippen molar-refractivity contribution in [3.8, 4) is 0 Å². The van der Waals surface area contributed by atoms with E-state index in [1.54, 1.807) is 12.3 Å².